The van der Waals surface area contributed by atoms with E-state index in [0.29, 0.717) is 28.6 Å². The number of phenolic OH excluding ortho intramolecular Hbond substituents is 1. The maximum absolute atomic E-state index is 12.0. The number of nitrogens with one attached hydrogen (secondary N) is 1. The molecule has 2 fully saturated rings. The van der Waals surface area contributed by atoms with Gasteiger partial charge < -0.3 is 21.1 Å². The highest BCUT2D eigenvalue weighted by Gasteiger charge is 2.39. The summed E-state index contributed by atoms with van der Waals surface area (Å²) >= 11 is 12.2. The Bertz CT molecular complexity index is 535. The van der Waals surface area contributed by atoms with Crippen LogP contribution in [-0.4, -0.2) is 48.6 Å². The molecule has 1 aromatic rings. The average Bonchev–Trinajstić information content (AvgIpc) is 2.77. The Morgan fingerprint density at radius 2 is 2.00 bits per heavy atom. The number of rotatable bonds is 2. The van der Waals surface area contributed by atoms with E-state index in [1.54, 1.807) is 6.07 Å². The van der Waals surface area contributed by atoms with Gasteiger partial charge in [0.25, 0.3) is 0 Å². The van der Waals surface area contributed by atoms with Gasteiger partial charge in [0.2, 0.25) is 5.91 Å². The SMILES string of the molecule is CN.O=C1CC(c2c(O)ccc(Cl)c2Cl)CN1C1CNC1. The van der Waals surface area contributed by atoms with Gasteiger partial charge >= 0.3 is 0 Å². The van der Waals surface area contributed by atoms with Crippen molar-refractivity contribution >= 4 is 29.1 Å². The maximum atomic E-state index is 12.0. The molecule has 1 aromatic carbocycles. The predicted molar refractivity (Wildman–Crippen MR) is 84.0 cm³/mol. The molecule has 2 aliphatic rings. The Labute approximate surface area is 134 Å². The quantitative estimate of drug-likeness (QED) is 0.768. The zero-order valence-electron chi connectivity index (χ0n) is 11.8. The van der Waals surface area contributed by atoms with Crippen LogP contribution in [0, 0.1) is 0 Å². The first-order valence-corrected chi connectivity index (χ1v) is 7.58. The maximum Gasteiger partial charge on any atom is 0.223 e. The molecule has 3 rings (SSSR count). The largest absolute Gasteiger partial charge is 0.508 e. The van der Waals surface area contributed by atoms with E-state index in [2.05, 4.69) is 11.1 Å². The van der Waals surface area contributed by atoms with E-state index >= 15 is 0 Å². The number of phenols is 1. The minimum absolute atomic E-state index is 0.0840. The van der Waals surface area contributed by atoms with E-state index < -0.39 is 0 Å². The first-order valence-electron chi connectivity index (χ1n) is 6.82. The summed E-state index contributed by atoms with van der Waals surface area (Å²) in [5.41, 5.74) is 5.09. The lowest BCUT2D eigenvalue weighted by Crippen LogP contribution is -2.57. The van der Waals surface area contributed by atoms with Crippen LogP contribution in [0.2, 0.25) is 10.0 Å². The van der Waals surface area contributed by atoms with Crippen molar-refractivity contribution in [1.29, 1.82) is 0 Å². The van der Waals surface area contributed by atoms with Crippen molar-refractivity contribution in [3.63, 3.8) is 0 Å². The minimum atomic E-state index is -0.0840. The second-order valence-corrected chi connectivity index (χ2v) is 5.84. The third kappa shape index (κ3) is 3.11. The van der Waals surface area contributed by atoms with Crippen molar-refractivity contribution in [3.05, 3.63) is 27.7 Å². The second-order valence-electron chi connectivity index (χ2n) is 5.05. The van der Waals surface area contributed by atoms with Gasteiger partial charge in [-0.1, -0.05) is 23.2 Å². The number of nitrogens with zero attached hydrogens (tertiary/aromatic N) is 1. The first kappa shape index (κ1) is 16.4. The van der Waals surface area contributed by atoms with Gasteiger partial charge in [-0.15, -0.1) is 0 Å². The molecule has 2 saturated heterocycles. The van der Waals surface area contributed by atoms with E-state index in [1.165, 1.54) is 13.1 Å². The molecule has 0 bridgehead atoms. The molecule has 0 saturated carbocycles. The van der Waals surface area contributed by atoms with Crippen molar-refractivity contribution in [2.24, 2.45) is 5.73 Å². The molecule has 5 nitrogen and oxygen atoms in total. The first-order chi connectivity index (χ1) is 10.1. The van der Waals surface area contributed by atoms with Gasteiger partial charge in [0.15, 0.2) is 0 Å². The lowest BCUT2D eigenvalue weighted by molar-refractivity contribution is -0.130. The number of benzene rings is 1. The van der Waals surface area contributed by atoms with Gasteiger partial charge in [-0.3, -0.25) is 4.79 Å². The summed E-state index contributed by atoms with van der Waals surface area (Å²) in [5.74, 6) is 0.145. The molecular formula is C14H19Cl2N3O2. The lowest BCUT2D eigenvalue weighted by Gasteiger charge is -2.35. The Morgan fingerprint density at radius 1 is 1.33 bits per heavy atom. The van der Waals surface area contributed by atoms with E-state index in [9.17, 15) is 9.90 Å². The molecule has 1 unspecified atom stereocenters. The molecule has 4 N–H and O–H groups in total. The Morgan fingerprint density at radius 3 is 2.57 bits per heavy atom. The van der Waals surface area contributed by atoms with Crippen LogP contribution in [0.4, 0.5) is 0 Å². The van der Waals surface area contributed by atoms with Crippen molar-refractivity contribution < 1.29 is 9.90 Å². The van der Waals surface area contributed by atoms with Gasteiger partial charge in [0.1, 0.15) is 5.75 Å². The van der Waals surface area contributed by atoms with E-state index in [-0.39, 0.29) is 23.6 Å². The summed E-state index contributed by atoms with van der Waals surface area (Å²) in [4.78, 5) is 13.9. The number of carbonyl (C=O) groups is 1. The van der Waals surface area contributed by atoms with E-state index in [4.69, 9.17) is 23.2 Å². The van der Waals surface area contributed by atoms with Gasteiger partial charge in [-0.05, 0) is 19.2 Å². The summed E-state index contributed by atoms with van der Waals surface area (Å²) in [6.07, 6.45) is 0.379. The van der Waals surface area contributed by atoms with Crippen LogP contribution in [-0.2, 0) is 4.79 Å². The van der Waals surface area contributed by atoms with Gasteiger partial charge in [-0.2, -0.15) is 0 Å². The van der Waals surface area contributed by atoms with Crippen LogP contribution in [0.5, 0.6) is 5.75 Å². The summed E-state index contributed by atoms with van der Waals surface area (Å²) in [6, 6.07) is 3.37. The fourth-order valence-electron chi connectivity index (χ4n) is 2.72. The van der Waals surface area contributed by atoms with Crippen LogP contribution >= 0.6 is 23.2 Å². The Balaban J connectivity index is 0.000000774. The van der Waals surface area contributed by atoms with Crippen LogP contribution in [0.25, 0.3) is 0 Å². The summed E-state index contributed by atoms with van der Waals surface area (Å²) < 4.78 is 0. The van der Waals surface area contributed by atoms with E-state index in [0.717, 1.165) is 13.1 Å². The molecule has 1 atom stereocenters. The van der Waals surface area contributed by atoms with E-state index in [1.807, 2.05) is 4.90 Å². The molecule has 2 aliphatic heterocycles. The van der Waals surface area contributed by atoms with Crippen LogP contribution < -0.4 is 11.1 Å². The second kappa shape index (κ2) is 6.83. The number of aromatic hydroxyl groups is 1. The minimum Gasteiger partial charge on any atom is -0.508 e. The van der Waals surface area contributed by atoms with Crippen LogP contribution in [0.1, 0.15) is 17.9 Å². The molecule has 116 valence electrons. The third-order valence-corrected chi connectivity index (χ3v) is 4.70. The third-order valence-electron chi connectivity index (χ3n) is 3.88. The highest BCUT2D eigenvalue weighted by Crippen LogP contribution is 2.42. The molecule has 0 radical (unpaired) electrons. The zero-order valence-corrected chi connectivity index (χ0v) is 13.3. The van der Waals surface area contributed by atoms with Crippen LogP contribution in [0.15, 0.2) is 12.1 Å². The zero-order chi connectivity index (χ0) is 15.6. The smallest absolute Gasteiger partial charge is 0.223 e. The van der Waals surface area contributed by atoms with Crippen molar-refractivity contribution in [1.82, 2.24) is 10.2 Å². The summed E-state index contributed by atoms with van der Waals surface area (Å²) in [5, 5.41) is 13.9. The average molecular weight is 332 g/mol. The standard InChI is InChI=1S/C13H14Cl2N2O2.CH5N/c14-9-1-2-10(18)12(13(9)15)7-3-11(19)17(6-7)8-4-16-5-8;1-2/h1-2,7-8,16,18H,3-6H2;2H2,1H3. The van der Waals surface area contributed by atoms with Crippen molar-refractivity contribution in [2.75, 3.05) is 26.7 Å². The number of carbonyl (C=O) groups excluding carboxylic acids is 1. The lowest BCUT2D eigenvalue weighted by atomic mass is 9.97. The van der Waals surface area contributed by atoms with Gasteiger partial charge in [-0.25, -0.2) is 0 Å². The van der Waals surface area contributed by atoms with Crippen molar-refractivity contribution in [3.8, 4) is 5.75 Å². The van der Waals surface area contributed by atoms with Gasteiger partial charge in [0, 0.05) is 37.5 Å². The predicted octanol–water partition coefficient (Wildman–Crippen LogP) is 1.56. The summed E-state index contributed by atoms with van der Waals surface area (Å²) in [6.45, 7) is 2.28. The fraction of sp³-hybridized carbons (Fsp3) is 0.500. The summed E-state index contributed by atoms with van der Waals surface area (Å²) in [7, 11) is 1.50. The highest BCUT2D eigenvalue weighted by atomic mass is 35.5. The van der Waals surface area contributed by atoms with Crippen molar-refractivity contribution in [2.45, 2.75) is 18.4 Å². The molecule has 1 amide bonds. The fourth-order valence-corrected chi connectivity index (χ4v) is 3.20. The molecule has 0 spiro atoms. The number of likely N-dealkylation sites (tertiary alicyclic amines) is 1. The molecule has 7 heteroatoms. The number of halogens is 2. The number of amides is 1. The molecule has 0 aromatic heterocycles. The number of nitrogens with two attached hydrogens (primary N) is 1. The van der Waals surface area contributed by atoms with Crippen LogP contribution in [0.3, 0.4) is 0 Å². The monoisotopic (exact) mass is 331 g/mol. The van der Waals surface area contributed by atoms with Gasteiger partial charge in [0.05, 0.1) is 16.1 Å². The topological polar surface area (TPSA) is 78.6 Å². The highest BCUT2D eigenvalue weighted by molar-refractivity contribution is 6.42. The molecular weight excluding hydrogens is 313 g/mol. The molecule has 0 aliphatic carbocycles. The number of hydrogen-bond donors (Lipinski definition) is 3. The molecule has 2 heterocycles. The Hall–Kier alpha value is -1.01. The number of hydrogen-bond acceptors (Lipinski definition) is 4. The molecule has 21 heavy (non-hydrogen) atoms. The Kier molecular flexibility index (Phi) is 5.32. The normalized spacial score (nSPS) is 21.8.